The van der Waals surface area contributed by atoms with Crippen molar-refractivity contribution in [2.75, 3.05) is 6.61 Å². The highest BCUT2D eigenvalue weighted by atomic mass is 16.7. The highest BCUT2D eigenvalue weighted by Crippen LogP contribution is 2.37. The fourth-order valence-corrected chi connectivity index (χ4v) is 3.14. The quantitative estimate of drug-likeness (QED) is 0.179. The third-order valence-corrected chi connectivity index (χ3v) is 5.22. The number of hydrogen-bond donors (Lipinski definition) is 0. The van der Waals surface area contributed by atoms with Crippen LogP contribution in [0.4, 0.5) is 4.79 Å². The van der Waals surface area contributed by atoms with Gasteiger partial charge in [-0.2, -0.15) is 0 Å². The Balaban J connectivity index is 2.28. The van der Waals surface area contributed by atoms with E-state index in [1.54, 1.807) is 18.2 Å². The van der Waals surface area contributed by atoms with Crippen molar-refractivity contribution >= 4 is 12.1 Å². The Hall–Kier alpha value is -2.82. The van der Waals surface area contributed by atoms with Crippen molar-refractivity contribution < 1.29 is 23.8 Å². The summed E-state index contributed by atoms with van der Waals surface area (Å²) < 4.78 is 16.3. The minimum absolute atomic E-state index is 0.175. The van der Waals surface area contributed by atoms with Crippen LogP contribution in [0.15, 0.2) is 36.4 Å². The second-order valence-electron chi connectivity index (χ2n) is 9.11. The highest BCUT2D eigenvalue weighted by Gasteiger charge is 2.23. The fraction of sp³-hybridized carbons (Fsp3) is 0.481. The first-order valence-corrected chi connectivity index (χ1v) is 11.5. The molecule has 0 aliphatic carbocycles. The highest BCUT2D eigenvalue weighted by molar-refractivity contribution is 5.91. The molecule has 0 saturated heterocycles. The minimum Gasteiger partial charge on any atom is -0.434 e. The molecule has 174 valence electrons. The first-order valence-electron chi connectivity index (χ1n) is 11.5. The number of hydrogen-bond acceptors (Lipinski definition) is 5. The van der Waals surface area contributed by atoms with Crippen LogP contribution >= 0.6 is 0 Å². The number of unbranched alkanes of at least 4 members (excludes halogenated alkanes) is 2. The Kier molecular flexibility index (Phi) is 9.30. The Labute approximate surface area is 192 Å². The monoisotopic (exact) mass is 440 g/mol. The van der Waals surface area contributed by atoms with Gasteiger partial charge in [0.25, 0.3) is 0 Å². The van der Waals surface area contributed by atoms with Gasteiger partial charge in [0, 0.05) is 0 Å². The van der Waals surface area contributed by atoms with Crippen LogP contribution in [0.2, 0.25) is 0 Å². The van der Waals surface area contributed by atoms with Gasteiger partial charge in [-0.3, -0.25) is 0 Å². The molecule has 32 heavy (non-hydrogen) atoms. The third kappa shape index (κ3) is 7.40. The zero-order valence-electron chi connectivity index (χ0n) is 20.2. The Morgan fingerprint density at radius 3 is 2.16 bits per heavy atom. The molecule has 2 aromatic carbocycles. The Bertz CT molecular complexity index is 907. The molecular weight excluding hydrogens is 404 g/mol. The number of carbonyl (C=O) groups is 2. The first-order chi connectivity index (χ1) is 15.2. The van der Waals surface area contributed by atoms with Crippen molar-refractivity contribution in [2.45, 2.75) is 79.1 Å². The molecule has 0 spiro atoms. The fourth-order valence-electron chi connectivity index (χ4n) is 3.14. The average Bonchev–Trinajstić information content (AvgIpc) is 2.74. The van der Waals surface area contributed by atoms with Crippen molar-refractivity contribution in [1.82, 2.24) is 0 Å². The summed E-state index contributed by atoms with van der Waals surface area (Å²) in [7, 11) is 0. The van der Waals surface area contributed by atoms with Crippen LogP contribution in [0.3, 0.4) is 0 Å². The normalized spacial score (nSPS) is 11.2. The standard InChI is InChI=1S/C27H36O5/c1-7-9-11-20-12-14-21(15-13-20)25(28)32-24-19(3)17-22(27(4,5)6)18-23(24)31-26(29)30-16-10-8-2/h12-15,17-18H,7-11,16H2,1-6H3. The average molecular weight is 441 g/mol. The van der Waals surface area contributed by atoms with Crippen molar-refractivity contribution in [3.05, 3.63) is 58.7 Å². The number of ether oxygens (including phenoxy) is 3. The topological polar surface area (TPSA) is 61.8 Å². The van der Waals surface area contributed by atoms with Gasteiger partial charge in [-0.1, -0.05) is 65.7 Å². The summed E-state index contributed by atoms with van der Waals surface area (Å²) >= 11 is 0. The van der Waals surface area contributed by atoms with Gasteiger partial charge < -0.3 is 14.2 Å². The summed E-state index contributed by atoms with van der Waals surface area (Å²) in [6.45, 7) is 12.5. The van der Waals surface area contributed by atoms with Gasteiger partial charge in [0.05, 0.1) is 12.2 Å². The van der Waals surface area contributed by atoms with Gasteiger partial charge in [-0.25, -0.2) is 9.59 Å². The number of carbonyl (C=O) groups excluding carboxylic acids is 2. The summed E-state index contributed by atoms with van der Waals surface area (Å²) in [5, 5.41) is 0. The SMILES string of the molecule is CCCCOC(=O)Oc1cc(C(C)(C)C)cc(C)c1OC(=O)c1ccc(CCCC)cc1. The van der Waals surface area contributed by atoms with E-state index in [1.165, 1.54) is 5.56 Å². The zero-order valence-corrected chi connectivity index (χ0v) is 20.2. The van der Waals surface area contributed by atoms with Crippen molar-refractivity contribution in [2.24, 2.45) is 0 Å². The number of aryl methyl sites for hydroxylation is 2. The van der Waals surface area contributed by atoms with Crippen LogP contribution in [0.25, 0.3) is 0 Å². The molecule has 0 aliphatic heterocycles. The second kappa shape index (κ2) is 11.7. The van der Waals surface area contributed by atoms with Crippen LogP contribution in [0.5, 0.6) is 11.5 Å². The summed E-state index contributed by atoms with van der Waals surface area (Å²) in [5.41, 5.74) is 3.13. The largest absolute Gasteiger partial charge is 0.513 e. The molecule has 0 aliphatic rings. The molecule has 5 nitrogen and oxygen atoms in total. The van der Waals surface area contributed by atoms with Gasteiger partial charge in [0.15, 0.2) is 11.5 Å². The van der Waals surface area contributed by atoms with Crippen LogP contribution in [0.1, 0.15) is 87.4 Å². The molecule has 2 aromatic rings. The Morgan fingerprint density at radius 1 is 0.906 bits per heavy atom. The molecule has 0 atom stereocenters. The maximum absolute atomic E-state index is 12.8. The van der Waals surface area contributed by atoms with Crippen LogP contribution < -0.4 is 9.47 Å². The van der Waals surface area contributed by atoms with Crippen LogP contribution in [0, 0.1) is 6.92 Å². The second-order valence-corrected chi connectivity index (χ2v) is 9.11. The lowest BCUT2D eigenvalue weighted by Gasteiger charge is -2.22. The predicted molar refractivity (Wildman–Crippen MR) is 127 cm³/mol. The smallest absolute Gasteiger partial charge is 0.434 e. The molecule has 0 radical (unpaired) electrons. The van der Waals surface area contributed by atoms with Gasteiger partial charge in [-0.05, 0) is 66.5 Å². The summed E-state index contributed by atoms with van der Waals surface area (Å²) in [5.74, 6) is -0.0855. The van der Waals surface area contributed by atoms with Crippen LogP contribution in [-0.2, 0) is 16.6 Å². The molecular formula is C27H36O5. The van der Waals surface area contributed by atoms with Gasteiger partial charge in [0.1, 0.15) is 0 Å². The summed E-state index contributed by atoms with van der Waals surface area (Å²) in [6.07, 6.45) is 4.08. The van der Waals surface area contributed by atoms with E-state index in [4.69, 9.17) is 14.2 Å². The predicted octanol–water partition coefficient (Wildman–Crippen LogP) is 7.17. The lowest BCUT2D eigenvalue weighted by molar-refractivity contribution is 0.0713. The van der Waals surface area contributed by atoms with E-state index in [0.717, 1.165) is 37.7 Å². The van der Waals surface area contributed by atoms with E-state index in [-0.39, 0.29) is 23.5 Å². The van der Waals surface area contributed by atoms with Gasteiger partial charge in [-0.15, -0.1) is 0 Å². The lowest BCUT2D eigenvalue weighted by atomic mass is 9.86. The molecule has 0 heterocycles. The molecule has 0 aromatic heterocycles. The minimum atomic E-state index is -0.804. The number of benzene rings is 2. The lowest BCUT2D eigenvalue weighted by Crippen LogP contribution is -2.17. The molecule has 0 amide bonds. The zero-order chi connectivity index (χ0) is 23.7. The molecule has 0 fully saturated rings. The first kappa shape index (κ1) is 25.4. The van der Waals surface area contributed by atoms with Crippen molar-refractivity contribution in [1.29, 1.82) is 0 Å². The third-order valence-electron chi connectivity index (χ3n) is 5.22. The van der Waals surface area contributed by atoms with E-state index < -0.39 is 12.1 Å². The van der Waals surface area contributed by atoms with E-state index >= 15 is 0 Å². The van der Waals surface area contributed by atoms with Crippen molar-refractivity contribution in [3.63, 3.8) is 0 Å². The van der Waals surface area contributed by atoms with Crippen molar-refractivity contribution in [3.8, 4) is 11.5 Å². The molecule has 0 saturated carbocycles. The molecule has 0 bridgehead atoms. The van der Waals surface area contributed by atoms with E-state index in [0.29, 0.717) is 11.1 Å². The van der Waals surface area contributed by atoms with Gasteiger partial charge in [0.2, 0.25) is 0 Å². The Morgan fingerprint density at radius 2 is 1.56 bits per heavy atom. The van der Waals surface area contributed by atoms with Crippen LogP contribution in [-0.4, -0.2) is 18.7 Å². The summed E-state index contributed by atoms with van der Waals surface area (Å²) in [4.78, 5) is 25.0. The summed E-state index contributed by atoms with van der Waals surface area (Å²) in [6, 6.07) is 11.1. The van der Waals surface area contributed by atoms with E-state index in [1.807, 2.05) is 32.0 Å². The van der Waals surface area contributed by atoms with E-state index in [2.05, 4.69) is 27.7 Å². The number of rotatable bonds is 9. The van der Waals surface area contributed by atoms with Gasteiger partial charge >= 0.3 is 12.1 Å². The molecule has 0 N–H and O–H groups in total. The maximum Gasteiger partial charge on any atom is 0.513 e. The molecule has 0 unspecified atom stereocenters. The molecule has 2 rings (SSSR count). The maximum atomic E-state index is 12.8. The molecule has 5 heteroatoms. The number of esters is 1. The van der Waals surface area contributed by atoms with E-state index in [9.17, 15) is 9.59 Å².